The molecule has 4 nitrogen and oxygen atoms in total. The highest BCUT2D eigenvalue weighted by Gasteiger charge is 2.22. The molecule has 0 spiro atoms. The van der Waals surface area contributed by atoms with Gasteiger partial charge in [0.1, 0.15) is 0 Å². The second kappa shape index (κ2) is 8.49. The summed E-state index contributed by atoms with van der Waals surface area (Å²) in [5, 5.41) is 19.1. The van der Waals surface area contributed by atoms with Gasteiger partial charge in [0, 0.05) is 32.8 Å². The zero-order valence-electron chi connectivity index (χ0n) is 12.9. The summed E-state index contributed by atoms with van der Waals surface area (Å²) in [6.45, 7) is 5.50. The smallest absolute Gasteiger partial charge is 0.0919 e. The van der Waals surface area contributed by atoms with Gasteiger partial charge in [0.15, 0.2) is 0 Å². The number of piperidine rings is 1. The van der Waals surface area contributed by atoms with Crippen molar-refractivity contribution in [1.29, 1.82) is 0 Å². The van der Waals surface area contributed by atoms with Crippen LogP contribution in [-0.4, -0.2) is 54.1 Å². The molecule has 1 heterocycles. The Bertz CT molecular complexity index is 416. The summed E-state index contributed by atoms with van der Waals surface area (Å²) in [6.07, 6.45) is 2.62. The molecule has 0 saturated carbocycles. The topological polar surface area (TPSA) is 52.9 Å². The average molecular weight is 293 g/mol. The molecule has 1 atom stereocenters. The Kier molecular flexibility index (Phi) is 6.64. The fourth-order valence-electron chi connectivity index (χ4n) is 2.88. The van der Waals surface area contributed by atoms with Crippen molar-refractivity contribution in [2.45, 2.75) is 38.4 Å². The Morgan fingerprint density at radius 3 is 2.67 bits per heavy atom. The highest BCUT2D eigenvalue weighted by atomic mass is 16.5. The van der Waals surface area contributed by atoms with Crippen molar-refractivity contribution in [2.24, 2.45) is 0 Å². The molecule has 1 aliphatic heterocycles. The molecule has 0 aromatic heterocycles. The van der Waals surface area contributed by atoms with E-state index in [-0.39, 0.29) is 6.61 Å². The van der Waals surface area contributed by atoms with Crippen LogP contribution in [0.3, 0.4) is 0 Å². The second-order valence-electron chi connectivity index (χ2n) is 5.82. The van der Waals surface area contributed by atoms with Gasteiger partial charge in [-0.25, -0.2) is 0 Å². The molecule has 4 heteroatoms. The molecule has 0 aliphatic carbocycles. The molecule has 0 bridgehead atoms. The lowest BCUT2D eigenvalue weighted by molar-refractivity contribution is -0.00654. The first-order valence-electron chi connectivity index (χ1n) is 7.89. The van der Waals surface area contributed by atoms with Gasteiger partial charge in [0.2, 0.25) is 0 Å². The standard InChI is InChI=1S/C17H27NO3/c1-14-5-2-3-6-16(14)17(20)13-18-9-7-15(8-10-18)21-12-4-11-19/h2-3,5-6,15,17,19-20H,4,7-13H2,1H3. The number of β-amino-alcohol motifs (C(OH)–C–C–N with tert-alkyl or cyclic N) is 1. The van der Waals surface area contributed by atoms with Crippen LogP contribution in [0.1, 0.15) is 36.5 Å². The van der Waals surface area contributed by atoms with E-state index < -0.39 is 6.10 Å². The van der Waals surface area contributed by atoms with E-state index in [4.69, 9.17) is 9.84 Å². The Labute approximate surface area is 127 Å². The zero-order chi connectivity index (χ0) is 15.1. The van der Waals surface area contributed by atoms with Gasteiger partial charge in [-0.1, -0.05) is 24.3 Å². The number of ether oxygens (including phenoxy) is 1. The SMILES string of the molecule is Cc1ccccc1C(O)CN1CCC(OCCCO)CC1. The predicted octanol–water partition coefficient (Wildman–Crippen LogP) is 1.89. The summed E-state index contributed by atoms with van der Waals surface area (Å²) in [6, 6.07) is 8.03. The summed E-state index contributed by atoms with van der Waals surface area (Å²) >= 11 is 0. The lowest BCUT2D eigenvalue weighted by Gasteiger charge is -2.33. The largest absolute Gasteiger partial charge is 0.396 e. The van der Waals surface area contributed by atoms with Gasteiger partial charge < -0.3 is 19.8 Å². The average Bonchev–Trinajstić information content (AvgIpc) is 2.49. The van der Waals surface area contributed by atoms with Crippen LogP contribution in [0, 0.1) is 6.92 Å². The third-order valence-corrected chi connectivity index (χ3v) is 4.17. The molecule has 2 N–H and O–H groups in total. The molecular weight excluding hydrogens is 266 g/mol. The minimum Gasteiger partial charge on any atom is -0.396 e. The van der Waals surface area contributed by atoms with Crippen molar-refractivity contribution < 1.29 is 14.9 Å². The van der Waals surface area contributed by atoms with Crippen molar-refractivity contribution in [3.63, 3.8) is 0 Å². The van der Waals surface area contributed by atoms with E-state index in [0.717, 1.165) is 37.1 Å². The predicted molar refractivity (Wildman–Crippen MR) is 83.3 cm³/mol. The Balaban J connectivity index is 1.74. The molecule has 0 amide bonds. The lowest BCUT2D eigenvalue weighted by Crippen LogP contribution is -2.39. The van der Waals surface area contributed by atoms with Gasteiger partial charge in [-0.05, 0) is 37.3 Å². The minimum absolute atomic E-state index is 0.196. The molecule has 1 unspecified atom stereocenters. The maximum atomic E-state index is 10.4. The monoisotopic (exact) mass is 293 g/mol. The van der Waals surface area contributed by atoms with Gasteiger partial charge in [-0.15, -0.1) is 0 Å². The van der Waals surface area contributed by atoms with Gasteiger partial charge in [-0.3, -0.25) is 0 Å². The number of nitrogens with zero attached hydrogens (tertiary/aromatic N) is 1. The molecule has 1 aliphatic rings. The maximum absolute atomic E-state index is 10.4. The van der Waals surface area contributed by atoms with Crippen molar-refractivity contribution in [1.82, 2.24) is 4.90 Å². The van der Waals surface area contributed by atoms with E-state index in [1.54, 1.807) is 0 Å². The minimum atomic E-state index is -0.418. The maximum Gasteiger partial charge on any atom is 0.0919 e. The van der Waals surface area contributed by atoms with E-state index >= 15 is 0 Å². The van der Waals surface area contributed by atoms with Gasteiger partial charge in [0.25, 0.3) is 0 Å². The number of aliphatic hydroxyl groups is 2. The van der Waals surface area contributed by atoms with Crippen LogP contribution in [0.15, 0.2) is 24.3 Å². The van der Waals surface area contributed by atoms with Gasteiger partial charge in [-0.2, -0.15) is 0 Å². The first kappa shape index (κ1) is 16.4. The van der Waals surface area contributed by atoms with Crippen LogP contribution in [0.5, 0.6) is 0 Å². The number of aryl methyl sites for hydroxylation is 1. The van der Waals surface area contributed by atoms with Gasteiger partial charge >= 0.3 is 0 Å². The third-order valence-electron chi connectivity index (χ3n) is 4.17. The molecule has 1 saturated heterocycles. The molecule has 0 radical (unpaired) electrons. The number of aliphatic hydroxyl groups excluding tert-OH is 2. The van der Waals surface area contributed by atoms with Crippen LogP contribution in [0.2, 0.25) is 0 Å². The highest BCUT2D eigenvalue weighted by molar-refractivity contribution is 5.27. The lowest BCUT2D eigenvalue weighted by atomic mass is 10.0. The summed E-state index contributed by atoms with van der Waals surface area (Å²) in [5.74, 6) is 0. The van der Waals surface area contributed by atoms with E-state index in [2.05, 4.69) is 4.90 Å². The molecule has 21 heavy (non-hydrogen) atoms. The van der Waals surface area contributed by atoms with E-state index in [9.17, 15) is 5.11 Å². The Morgan fingerprint density at radius 2 is 2.00 bits per heavy atom. The van der Waals surface area contributed by atoms with Crippen LogP contribution in [0.25, 0.3) is 0 Å². The zero-order valence-corrected chi connectivity index (χ0v) is 12.9. The number of hydrogen-bond donors (Lipinski definition) is 2. The van der Waals surface area contributed by atoms with E-state index in [1.807, 2.05) is 31.2 Å². The number of benzene rings is 1. The summed E-state index contributed by atoms with van der Waals surface area (Å²) in [5.41, 5.74) is 2.17. The normalized spacial score (nSPS) is 18.8. The summed E-state index contributed by atoms with van der Waals surface area (Å²) in [7, 11) is 0. The summed E-state index contributed by atoms with van der Waals surface area (Å²) < 4.78 is 5.73. The van der Waals surface area contributed by atoms with Crippen molar-refractivity contribution in [2.75, 3.05) is 32.8 Å². The number of hydrogen-bond acceptors (Lipinski definition) is 4. The molecule has 1 fully saturated rings. The third kappa shape index (κ3) is 5.08. The highest BCUT2D eigenvalue weighted by Crippen LogP contribution is 2.21. The van der Waals surface area contributed by atoms with Crippen molar-refractivity contribution in [3.05, 3.63) is 35.4 Å². The first-order valence-corrected chi connectivity index (χ1v) is 7.89. The molecule has 2 rings (SSSR count). The fraction of sp³-hybridized carbons (Fsp3) is 0.647. The Hall–Kier alpha value is -0.940. The second-order valence-corrected chi connectivity index (χ2v) is 5.82. The quantitative estimate of drug-likeness (QED) is 0.754. The van der Waals surface area contributed by atoms with E-state index in [1.165, 1.54) is 0 Å². The Morgan fingerprint density at radius 1 is 1.29 bits per heavy atom. The molecule has 1 aromatic carbocycles. The molecular formula is C17H27NO3. The van der Waals surface area contributed by atoms with Crippen LogP contribution >= 0.6 is 0 Å². The van der Waals surface area contributed by atoms with Crippen LogP contribution < -0.4 is 0 Å². The van der Waals surface area contributed by atoms with E-state index in [0.29, 0.717) is 25.7 Å². The first-order chi connectivity index (χ1) is 10.2. The molecule has 118 valence electrons. The number of likely N-dealkylation sites (tertiary alicyclic amines) is 1. The number of rotatable bonds is 7. The van der Waals surface area contributed by atoms with Crippen LogP contribution in [0.4, 0.5) is 0 Å². The summed E-state index contributed by atoms with van der Waals surface area (Å²) in [4.78, 5) is 2.31. The van der Waals surface area contributed by atoms with Gasteiger partial charge in [0.05, 0.1) is 12.2 Å². The van der Waals surface area contributed by atoms with Crippen molar-refractivity contribution >= 4 is 0 Å². The van der Waals surface area contributed by atoms with Crippen LogP contribution in [-0.2, 0) is 4.74 Å². The van der Waals surface area contributed by atoms with Crippen molar-refractivity contribution in [3.8, 4) is 0 Å². The fourth-order valence-corrected chi connectivity index (χ4v) is 2.88. The molecule has 1 aromatic rings.